The predicted octanol–water partition coefficient (Wildman–Crippen LogP) is 2.52. The summed E-state index contributed by atoms with van der Waals surface area (Å²) < 4.78 is 0. The van der Waals surface area contributed by atoms with Crippen molar-refractivity contribution >= 4 is 5.78 Å². The van der Waals surface area contributed by atoms with E-state index in [0.29, 0.717) is 12.6 Å². The fraction of sp³-hybridized carbons (Fsp3) is 0.312. The minimum absolute atomic E-state index is 0.0585. The second kappa shape index (κ2) is 6.18. The number of likely N-dealkylation sites (tertiary alicyclic amines) is 1. The number of terminal acetylenes is 1. The van der Waals surface area contributed by atoms with E-state index in [1.54, 1.807) is 6.08 Å². The van der Waals surface area contributed by atoms with Gasteiger partial charge in [0.15, 0.2) is 5.78 Å². The number of hydrogen-bond donors (Lipinski definition) is 0. The number of allylic oxidation sites excluding steroid dienone is 1. The van der Waals surface area contributed by atoms with Gasteiger partial charge in [-0.25, -0.2) is 0 Å². The molecule has 0 bridgehead atoms. The molecule has 1 aromatic rings. The zero-order valence-electron chi connectivity index (χ0n) is 10.4. The lowest BCUT2D eigenvalue weighted by Crippen LogP contribution is -2.28. The van der Waals surface area contributed by atoms with Gasteiger partial charge in [-0.3, -0.25) is 9.69 Å². The largest absolute Gasteiger partial charge is 0.289 e. The highest BCUT2D eigenvalue weighted by Gasteiger charge is 2.21. The SMILES string of the molecule is C#CCN1CCCC1/C=C/C(=O)c1ccccc1. The normalized spacial score (nSPS) is 20.1. The highest BCUT2D eigenvalue weighted by Crippen LogP contribution is 2.17. The zero-order chi connectivity index (χ0) is 12.8. The Morgan fingerprint density at radius 2 is 2.22 bits per heavy atom. The first-order chi connectivity index (χ1) is 8.81. The third-order valence-electron chi connectivity index (χ3n) is 3.24. The maximum absolute atomic E-state index is 11.9. The molecular formula is C16H17NO. The number of hydrogen-bond acceptors (Lipinski definition) is 2. The minimum atomic E-state index is 0.0585. The van der Waals surface area contributed by atoms with Gasteiger partial charge in [0, 0.05) is 11.6 Å². The fourth-order valence-electron chi connectivity index (χ4n) is 2.28. The second-order valence-corrected chi connectivity index (χ2v) is 4.47. The van der Waals surface area contributed by atoms with Crippen molar-refractivity contribution in [3.8, 4) is 12.3 Å². The summed E-state index contributed by atoms with van der Waals surface area (Å²) in [7, 11) is 0. The van der Waals surface area contributed by atoms with Gasteiger partial charge in [0.2, 0.25) is 0 Å². The van der Waals surface area contributed by atoms with E-state index in [1.165, 1.54) is 0 Å². The molecule has 0 radical (unpaired) electrons. The first-order valence-corrected chi connectivity index (χ1v) is 6.26. The molecule has 0 aliphatic carbocycles. The molecule has 92 valence electrons. The Morgan fingerprint density at radius 3 is 2.94 bits per heavy atom. The van der Waals surface area contributed by atoms with E-state index in [2.05, 4.69) is 10.8 Å². The van der Waals surface area contributed by atoms with Crippen molar-refractivity contribution in [1.29, 1.82) is 0 Å². The minimum Gasteiger partial charge on any atom is -0.289 e. The molecule has 2 nitrogen and oxygen atoms in total. The zero-order valence-corrected chi connectivity index (χ0v) is 10.4. The van der Waals surface area contributed by atoms with Crippen LogP contribution in [0, 0.1) is 12.3 Å². The summed E-state index contributed by atoms with van der Waals surface area (Å²) in [6.45, 7) is 1.69. The Morgan fingerprint density at radius 1 is 1.44 bits per heavy atom. The second-order valence-electron chi connectivity index (χ2n) is 4.47. The van der Waals surface area contributed by atoms with Gasteiger partial charge in [0.25, 0.3) is 0 Å². The molecule has 1 unspecified atom stereocenters. The van der Waals surface area contributed by atoms with Gasteiger partial charge in [-0.2, -0.15) is 0 Å². The maximum Gasteiger partial charge on any atom is 0.185 e. The Bertz CT molecular complexity index is 470. The van der Waals surface area contributed by atoms with Gasteiger partial charge in [0.05, 0.1) is 6.54 Å². The molecule has 1 aliphatic heterocycles. The molecule has 1 aliphatic rings. The van der Waals surface area contributed by atoms with Gasteiger partial charge in [-0.1, -0.05) is 42.3 Å². The first-order valence-electron chi connectivity index (χ1n) is 6.26. The van der Waals surface area contributed by atoms with E-state index in [4.69, 9.17) is 6.42 Å². The van der Waals surface area contributed by atoms with Crippen LogP contribution in [0.25, 0.3) is 0 Å². The Balaban J connectivity index is 1.99. The summed E-state index contributed by atoms with van der Waals surface area (Å²) in [6, 6.07) is 9.64. The molecule has 1 aromatic carbocycles. The number of carbonyl (C=O) groups excluding carboxylic acids is 1. The molecule has 0 aromatic heterocycles. The van der Waals surface area contributed by atoms with Crippen LogP contribution in [0.2, 0.25) is 0 Å². The molecule has 0 amide bonds. The molecular weight excluding hydrogens is 222 g/mol. The quantitative estimate of drug-likeness (QED) is 0.457. The van der Waals surface area contributed by atoms with Gasteiger partial charge in [-0.15, -0.1) is 6.42 Å². The molecule has 1 heterocycles. The van der Waals surface area contributed by atoms with E-state index in [-0.39, 0.29) is 5.78 Å². The lowest BCUT2D eigenvalue weighted by Gasteiger charge is -2.18. The molecule has 1 fully saturated rings. The maximum atomic E-state index is 11.9. The number of ketones is 1. The van der Waals surface area contributed by atoms with Crippen molar-refractivity contribution in [3.05, 3.63) is 48.0 Å². The van der Waals surface area contributed by atoms with Crippen LogP contribution >= 0.6 is 0 Å². The van der Waals surface area contributed by atoms with Crippen molar-refractivity contribution in [2.75, 3.05) is 13.1 Å². The fourth-order valence-corrected chi connectivity index (χ4v) is 2.28. The molecule has 0 spiro atoms. The van der Waals surface area contributed by atoms with Crippen LogP contribution in [0.1, 0.15) is 23.2 Å². The number of nitrogens with zero attached hydrogens (tertiary/aromatic N) is 1. The highest BCUT2D eigenvalue weighted by molar-refractivity contribution is 6.04. The summed E-state index contributed by atoms with van der Waals surface area (Å²) in [5, 5.41) is 0. The van der Waals surface area contributed by atoms with E-state index in [1.807, 2.05) is 36.4 Å². The Labute approximate surface area is 108 Å². The first kappa shape index (κ1) is 12.6. The summed E-state index contributed by atoms with van der Waals surface area (Å²) in [5.41, 5.74) is 0.732. The molecule has 0 N–H and O–H groups in total. The lowest BCUT2D eigenvalue weighted by molar-refractivity contribution is 0.104. The molecule has 1 atom stereocenters. The number of benzene rings is 1. The van der Waals surface area contributed by atoms with Crippen molar-refractivity contribution in [3.63, 3.8) is 0 Å². The average Bonchev–Trinajstić information content (AvgIpc) is 2.85. The topological polar surface area (TPSA) is 20.3 Å². The van der Waals surface area contributed by atoms with Crippen molar-refractivity contribution in [1.82, 2.24) is 4.90 Å². The Kier molecular flexibility index (Phi) is 4.33. The van der Waals surface area contributed by atoms with Crippen molar-refractivity contribution in [2.45, 2.75) is 18.9 Å². The van der Waals surface area contributed by atoms with Gasteiger partial charge < -0.3 is 0 Å². The number of carbonyl (C=O) groups is 1. The molecule has 1 saturated heterocycles. The van der Waals surface area contributed by atoms with E-state index in [0.717, 1.165) is 24.9 Å². The van der Waals surface area contributed by atoms with Gasteiger partial charge in [-0.05, 0) is 25.5 Å². The van der Waals surface area contributed by atoms with Crippen molar-refractivity contribution in [2.24, 2.45) is 0 Å². The van der Waals surface area contributed by atoms with Gasteiger partial charge in [0.1, 0.15) is 0 Å². The van der Waals surface area contributed by atoms with Crippen LogP contribution in [0.5, 0.6) is 0 Å². The monoisotopic (exact) mass is 239 g/mol. The van der Waals surface area contributed by atoms with Crippen LogP contribution in [-0.4, -0.2) is 29.8 Å². The van der Waals surface area contributed by atoms with Crippen LogP contribution in [-0.2, 0) is 0 Å². The highest BCUT2D eigenvalue weighted by atomic mass is 16.1. The van der Waals surface area contributed by atoms with Crippen LogP contribution in [0.4, 0.5) is 0 Å². The summed E-state index contributed by atoms with van der Waals surface area (Å²) in [5.74, 6) is 2.72. The third kappa shape index (κ3) is 3.09. The molecule has 18 heavy (non-hydrogen) atoms. The lowest BCUT2D eigenvalue weighted by atomic mass is 10.1. The molecule has 2 heteroatoms. The summed E-state index contributed by atoms with van der Waals surface area (Å²) in [6.07, 6.45) is 11.2. The standard InChI is InChI=1S/C16H17NO/c1-2-12-17-13-6-9-15(17)10-11-16(18)14-7-4-3-5-8-14/h1,3-5,7-8,10-11,15H,6,9,12-13H2/b11-10+. The summed E-state index contributed by atoms with van der Waals surface area (Å²) >= 11 is 0. The van der Waals surface area contributed by atoms with E-state index < -0.39 is 0 Å². The average molecular weight is 239 g/mol. The van der Waals surface area contributed by atoms with Gasteiger partial charge >= 0.3 is 0 Å². The van der Waals surface area contributed by atoms with E-state index in [9.17, 15) is 4.79 Å². The Hall–Kier alpha value is -1.85. The van der Waals surface area contributed by atoms with Crippen LogP contribution < -0.4 is 0 Å². The van der Waals surface area contributed by atoms with Crippen LogP contribution in [0.3, 0.4) is 0 Å². The third-order valence-corrected chi connectivity index (χ3v) is 3.24. The smallest absolute Gasteiger partial charge is 0.185 e. The summed E-state index contributed by atoms with van der Waals surface area (Å²) in [4.78, 5) is 14.2. The van der Waals surface area contributed by atoms with E-state index >= 15 is 0 Å². The number of rotatable bonds is 4. The van der Waals surface area contributed by atoms with Crippen LogP contribution in [0.15, 0.2) is 42.5 Å². The molecule has 0 saturated carbocycles. The molecule has 2 rings (SSSR count). The van der Waals surface area contributed by atoms with Crippen molar-refractivity contribution < 1.29 is 4.79 Å². The predicted molar refractivity (Wildman–Crippen MR) is 73.3 cm³/mol.